The van der Waals surface area contributed by atoms with Crippen molar-refractivity contribution in [2.45, 2.75) is 27.7 Å². The van der Waals surface area contributed by atoms with Crippen LogP contribution in [0.25, 0.3) is 0 Å². The van der Waals surface area contributed by atoms with Crippen LogP contribution in [0.2, 0.25) is 0 Å². The Balaban J connectivity index is 2.33. The highest BCUT2D eigenvalue weighted by Gasteiger charge is 2.16. The van der Waals surface area contributed by atoms with Crippen molar-refractivity contribution in [1.29, 1.82) is 0 Å². The average molecular weight is 334 g/mol. The number of carbonyl (C=O) groups excluding carboxylic acids is 1. The lowest BCUT2D eigenvalue weighted by atomic mass is 10.1. The monoisotopic (exact) mass is 333 g/mol. The normalized spacial score (nSPS) is 10.4. The molecule has 0 radical (unpaired) electrons. The number of nitrogens with one attached hydrogen (secondary N) is 1. The van der Waals surface area contributed by atoms with E-state index in [1.807, 2.05) is 45.9 Å². The number of amides is 1. The summed E-state index contributed by atoms with van der Waals surface area (Å²) in [6.45, 7) is 7.46. The van der Waals surface area contributed by atoms with E-state index in [9.17, 15) is 4.79 Å². The van der Waals surface area contributed by atoms with E-state index < -0.39 is 0 Å². The van der Waals surface area contributed by atoms with Gasteiger partial charge < -0.3 is 5.32 Å². The first-order valence-electron chi connectivity index (χ1n) is 6.28. The van der Waals surface area contributed by atoms with Gasteiger partial charge in [0.25, 0.3) is 5.91 Å². The summed E-state index contributed by atoms with van der Waals surface area (Å²) in [7, 11) is 0. The van der Waals surface area contributed by atoms with Crippen LogP contribution in [-0.4, -0.2) is 15.9 Å². The van der Waals surface area contributed by atoms with Gasteiger partial charge in [-0.3, -0.25) is 4.79 Å². The number of hydrogen-bond acceptors (Lipinski definition) is 3. The third kappa shape index (κ3) is 3.04. The number of hydrogen-bond donors (Lipinski definition) is 1. The van der Waals surface area contributed by atoms with Gasteiger partial charge in [-0.15, -0.1) is 0 Å². The molecule has 4 nitrogen and oxygen atoms in total. The number of aryl methyl sites for hydroxylation is 4. The van der Waals surface area contributed by atoms with Crippen LogP contribution in [0.1, 0.15) is 33.1 Å². The van der Waals surface area contributed by atoms with Crippen LogP contribution in [0.15, 0.2) is 22.7 Å². The zero-order valence-electron chi connectivity index (χ0n) is 11.9. The quantitative estimate of drug-likeness (QED) is 0.911. The molecule has 20 heavy (non-hydrogen) atoms. The lowest BCUT2D eigenvalue weighted by Gasteiger charge is -2.11. The first-order chi connectivity index (χ1) is 9.38. The Hall–Kier alpha value is -1.75. The van der Waals surface area contributed by atoms with Crippen LogP contribution in [0.4, 0.5) is 5.69 Å². The molecule has 0 saturated carbocycles. The second-order valence-corrected chi connectivity index (χ2v) is 5.61. The fraction of sp³-hybridized carbons (Fsp3) is 0.267. The Kier molecular flexibility index (Phi) is 4.18. The van der Waals surface area contributed by atoms with Crippen molar-refractivity contribution >= 4 is 27.5 Å². The van der Waals surface area contributed by atoms with Crippen molar-refractivity contribution in [3.8, 4) is 0 Å². The van der Waals surface area contributed by atoms with Gasteiger partial charge in [0, 0.05) is 4.47 Å². The highest BCUT2D eigenvalue weighted by Crippen LogP contribution is 2.24. The van der Waals surface area contributed by atoms with Crippen molar-refractivity contribution in [2.24, 2.45) is 0 Å². The van der Waals surface area contributed by atoms with Crippen molar-refractivity contribution in [3.05, 3.63) is 51.0 Å². The van der Waals surface area contributed by atoms with E-state index in [2.05, 4.69) is 31.2 Å². The third-order valence-electron chi connectivity index (χ3n) is 2.98. The molecule has 104 valence electrons. The first-order valence-corrected chi connectivity index (χ1v) is 7.07. The predicted octanol–water partition coefficient (Wildman–Crippen LogP) is 3.73. The maximum Gasteiger partial charge on any atom is 0.259 e. The summed E-state index contributed by atoms with van der Waals surface area (Å²) in [5.74, 6) is 0.484. The van der Waals surface area contributed by atoms with E-state index in [0.29, 0.717) is 22.8 Å². The summed E-state index contributed by atoms with van der Waals surface area (Å²) in [5.41, 5.74) is 3.77. The molecule has 2 aromatic rings. The molecule has 1 N–H and O–H groups in total. The molecule has 1 amide bonds. The standard InChI is InChI=1S/C15H16BrN3O/c1-8-5-6-13(12(16)7-8)19-15(20)14-9(2)17-11(4)18-10(14)3/h5-7H,1-4H3,(H,19,20). The SMILES string of the molecule is Cc1ccc(NC(=O)c2c(C)nc(C)nc2C)c(Br)c1. The molecule has 0 atom stereocenters. The zero-order chi connectivity index (χ0) is 14.9. The fourth-order valence-electron chi connectivity index (χ4n) is 2.12. The van der Waals surface area contributed by atoms with Crippen molar-refractivity contribution in [1.82, 2.24) is 9.97 Å². The van der Waals surface area contributed by atoms with E-state index >= 15 is 0 Å². The van der Waals surface area contributed by atoms with Crippen molar-refractivity contribution in [2.75, 3.05) is 5.32 Å². The summed E-state index contributed by atoms with van der Waals surface area (Å²) >= 11 is 3.45. The summed E-state index contributed by atoms with van der Waals surface area (Å²) in [6.07, 6.45) is 0. The average Bonchev–Trinajstić information content (AvgIpc) is 2.31. The van der Waals surface area contributed by atoms with Crippen LogP contribution in [0.5, 0.6) is 0 Å². The fourth-order valence-corrected chi connectivity index (χ4v) is 2.71. The van der Waals surface area contributed by atoms with Gasteiger partial charge in [0.1, 0.15) is 5.82 Å². The number of halogens is 1. The molecule has 0 unspecified atom stereocenters. The van der Waals surface area contributed by atoms with E-state index in [4.69, 9.17) is 0 Å². The summed E-state index contributed by atoms with van der Waals surface area (Å²) in [6, 6.07) is 5.78. The molecule has 0 saturated heterocycles. The molecule has 0 bridgehead atoms. The Labute approximate surface area is 126 Å². The highest BCUT2D eigenvalue weighted by molar-refractivity contribution is 9.10. The van der Waals surface area contributed by atoms with Crippen LogP contribution < -0.4 is 5.32 Å². The smallest absolute Gasteiger partial charge is 0.259 e. The summed E-state index contributed by atoms with van der Waals surface area (Å²) in [4.78, 5) is 20.9. The molecule has 0 aliphatic heterocycles. The molecule has 1 aromatic heterocycles. The minimum absolute atomic E-state index is 0.190. The number of anilines is 1. The number of benzene rings is 1. The Morgan fingerprint density at radius 3 is 2.25 bits per heavy atom. The number of carbonyl (C=O) groups is 1. The minimum atomic E-state index is -0.190. The molecule has 2 rings (SSSR count). The summed E-state index contributed by atoms with van der Waals surface area (Å²) < 4.78 is 0.856. The van der Waals surface area contributed by atoms with Crippen molar-refractivity contribution in [3.63, 3.8) is 0 Å². The predicted molar refractivity (Wildman–Crippen MR) is 83.1 cm³/mol. The first kappa shape index (κ1) is 14.7. The largest absolute Gasteiger partial charge is 0.321 e. The van der Waals surface area contributed by atoms with E-state index in [-0.39, 0.29) is 5.91 Å². The molecule has 0 fully saturated rings. The van der Waals surface area contributed by atoms with Crippen LogP contribution >= 0.6 is 15.9 Å². The second kappa shape index (κ2) is 5.71. The molecular formula is C15H16BrN3O. The van der Waals surface area contributed by atoms with Crippen LogP contribution in [0, 0.1) is 27.7 Å². The van der Waals surface area contributed by atoms with Gasteiger partial charge in [0.15, 0.2) is 0 Å². The molecule has 1 aromatic carbocycles. The lowest BCUT2D eigenvalue weighted by molar-refractivity contribution is 0.102. The molecule has 5 heteroatoms. The van der Waals surface area contributed by atoms with Crippen LogP contribution in [0.3, 0.4) is 0 Å². The number of nitrogens with zero attached hydrogens (tertiary/aromatic N) is 2. The Morgan fingerprint density at radius 1 is 1.10 bits per heavy atom. The van der Waals surface area contributed by atoms with Crippen molar-refractivity contribution < 1.29 is 4.79 Å². The van der Waals surface area contributed by atoms with Gasteiger partial charge in [0.2, 0.25) is 0 Å². The maximum atomic E-state index is 12.4. The topological polar surface area (TPSA) is 54.9 Å². The molecule has 1 heterocycles. The Bertz CT molecular complexity index is 660. The number of aromatic nitrogens is 2. The lowest BCUT2D eigenvalue weighted by Crippen LogP contribution is -2.17. The maximum absolute atomic E-state index is 12.4. The van der Waals surface area contributed by atoms with E-state index in [1.165, 1.54) is 0 Å². The second-order valence-electron chi connectivity index (χ2n) is 4.75. The molecule has 0 aliphatic rings. The van der Waals surface area contributed by atoms with E-state index in [1.54, 1.807) is 0 Å². The highest BCUT2D eigenvalue weighted by atomic mass is 79.9. The zero-order valence-corrected chi connectivity index (χ0v) is 13.5. The van der Waals surface area contributed by atoms with Crippen LogP contribution in [-0.2, 0) is 0 Å². The molecular weight excluding hydrogens is 318 g/mol. The van der Waals surface area contributed by atoms with Gasteiger partial charge in [0.05, 0.1) is 22.6 Å². The minimum Gasteiger partial charge on any atom is -0.321 e. The van der Waals surface area contributed by atoms with Gasteiger partial charge in [-0.05, 0) is 61.3 Å². The van der Waals surface area contributed by atoms with Gasteiger partial charge in [-0.2, -0.15) is 0 Å². The summed E-state index contributed by atoms with van der Waals surface area (Å²) in [5, 5.41) is 2.89. The van der Waals surface area contributed by atoms with E-state index in [0.717, 1.165) is 15.7 Å². The molecule has 0 spiro atoms. The molecule has 0 aliphatic carbocycles. The van der Waals surface area contributed by atoms with Gasteiger partial charge in [-0.25, -0.2) is 9.97 Å². The van der Waals surface area contributed by atoms with Gasteiger partial charge in [-0.1, -0.05) is 6.07 Å². The van der Waals surface area contributed by atoms with Gasteiger partial charge >= 0.3 is 0 Å². The number of rotatable bonds is 2. The Morgan fingerprint density at radius 2 is 1.70 bits per heavy atom. The third-order valence-corrected chi connectivity index (χ3v) is 3.64.